The molecule has 23 heavy (non-hydrogen) atoms. The molecule has 0 bridgehead atoms. The van der Waals surface area contributed by atoms with Crippen molar-refractivity contribution >= 4 is 27.6 Å². The smallest absolute Gasteiger partial charge is 0.317 e. The number of hydrogen-bond acceptors (Lipinski definition) is 4. The average molecular weight is 333 g/mol. The molecule has 1 aliphatic rings. The van der Waals surface area contributed by atoms with Crippen LogP contribution in [-0.4, -0.2) is 40.7 Å². The van der Waals surface area contributed by atoms with Gasteiger partial charge in [-0.25, -0.2) is 9.78 Å². The molecule has 0 saturated heterocycles. The second kappa shape index (κ2) is 7.27. The number of amides is 2. The van der Waals surface area contributed by atoms with Crippen molar-refractivity contribution < 1.29 is 9.90 Å². The van der Waals surface area contributed by atoms with E-state index in [1.54, 1.807) is 23.3 Å². The summed E-state index contributed by atoms with van der Waals surface area (Å²) >= 11 is 1.60. The minimum Gasteiger partial charge on any atom is -0.393 e. The van der Waals surface area contributed by atoms with Crippen molar-refractivity contribution in [1.29, 1.82) is 0 Å². The number of carbonyl (C=O) groups is 1. The highest BCUT2D eigenvalue weighted by molar-refractivity contribution is 7.18. The third kappa shape index (κ3) is 4.00. The molecule has 1 aromatic carbocycles. The molecule has 1 heterocycles. The Morgan fingerprint density at radius 1 is 1.39 bits per heavy atom. The average Bonchev–Trinajstić information content (AvgIpc) is 2.97. The number of thiazole rings is 1. The largest absolute Gasteiger partial charge is 0.393 e. The Hall–Kier alpha value is -1.66. The first-order valence-electron chi connectivity index (χ1n) is 8.15. The van der Waals surface area contributed by atoms with Crippen molar-refractivity contribution in [3.63, 3.8) is 0 Å². The fourth-order valence-corrected chi connectivity index (χ4v) is 4.02. The molecule has 0 aliphatic heterocycles. The topological polar surface area (TPSA) is 65.5 Å². The Bertz CT molecular complexity index is 640. The van der Waals surface area contributed by atoms with Gasteiger partial charge in [0, 0.05) is 19.5 Å². The van der Waals surface area contributed by atoms with Crippen molar-refractivity contribution in [2.75, 3.05) is 13.6 Å². The standard InChI is InChI=1S/C17H23N3O2S/c1-20(11-12-6-2-4-8-14(12)21)17(22)18-10-16-19-13-7-3-5-9-15(13)23-16/h3,5,7,9,12,14,21H,2,4,6,8,10-11H2,1H3,(H,18,22). The second-order valence-electron chi connectivity index (χ2n) is 6.23. The van der Waals surface area contributed by atoms with Crippen LogP contribution >= 0.6 is 11.3 Å². The number of carbonyl (C=O) groups excluding carboxylic acids is 1. The lowest BCUT2D eigenvalue weighted by Gasteiger charge is -2.31. The van der Waals surface area contributed by atoms with Gasteiger partial charge in [0.25, 0.3) is 0 Å². The SMILES string of the molecule is CN(CC1CCCCC1O)C(=O)NCc1nc2ccccc2s1. The predicted molar refractivity (Wildman–Crippen MR) is 92.5 cm³/mol. The van der Waals surface area contributed by atoms with E-state index < -0.39 is 0 Å². The lowest BCUT2D eigenvalue weighted by Crippen LogP contribution is -2.42. The van der Waals surface area contributed by atoms with Gasteiger partial charge in [0.15, 0.2) is 0 Å². The number of aliphatic hydroxyl groups excluding tert-OH is 1. The van der Waals surface area contributed by atoms with Crippen LogP contribution in [0.3, 0.4) is 0 Å². The summed E-state index contributed by atoms with van der Waals surface area (Å²) < 4.78 is 1.13. The van der Waals surface area contributed by atoms with E-state index in [1.807, 2.05) is 24.3 Å². The van der Waals surface area contributed by atoms with Gasteiger partial charge in [0.1, 0.15) is 5.01 Å². The van der Waals surface area contributed by atoms with Gasteiger partial charge in [-0.15, -0.1) is 11.3 Å². The predicted octanol–water partition coefficient (Wildman–Crippen LogP) is 2.99. The van der Waals surface area contributed by atoms with E-state index in [1.165, 1.54) is 0 Å². The van der Waals surface area contributed by atoms with Gasteiger partial charge in [0.2, 0.25) is 0 Å². The quantitative estimate of drug-likeness (QED) is 0.904. The first kappa shape index (κ1) is 16.2. The molecule has 2 amide bonds. The number of fused-ring (bicyclic) bond motifs is 1. The maximum absolute atomic E-state index is 12.2. The van der Waals surface area contributed by atoms with Crippen molar-refractivity contribution in [2.45, 2.75) is 38.3 Å². The van der Waals surface area contributed by atoms with Crippen LogP contribution in [0.1, 0.15) is 30.7 Å². The Kier molecular flexibility index (Phi) is 5.13. The number of hydrogen-bond donors (Lipinski definition) is 2. The first-order valence-corrected chi connectivity index (χ1v) is 8.96. The molecule has 2 atom stereocenters. The molecule has 124 valence electrons. The Labute approximate surface area is 140 Å². The summed E-state index contributed by atoms with van der Waals surface area (Å²) in [6.45, 7) is 1.04. The number of nitrogens with zero attached hydrogens (tertiary/aromatic N) is 2. The third-order valence-corrected chi connectivity index (χ3v) is 5.49. The van der Waals surface area contributed by atoms with Crippen LogP contribution in [0.2, 0.25) is 0 Å². The summed E-state index contributed by atoms with van der Waals surface area (Å²) in [6.07, 6.45) is 3.81. The summed E-state index contributed by atoms with van der Waals surface area (Å²) in [5.41, 5.74) is 0.973. The van der Waals surface area contributed by atoms with Crippen LogP contribution in [0.15, 0.2) is 24.3 Å². The molecule has 1 fully saturated rings. The third-order valence-electron chi connectivity index (χ3n) is 4.45. The second-order valence-corrected chi connectivity index (χ2v) is 7.34. The highest BCUT2D eigenvalue weighted by Gasteiger charge is 2.25. The molecule has 3 rings (SSSR count). The highest BCUT2D eigenvalue weighted by Crippen LogP contribution is 2.25. The van der Waals surface area contributed by atoms with E-state index in [2.05, 4.69) is 10.3 Å². The monoisotopic (exact) mass is 333 g/mol. The Balaban J connectivity index is 1.51. The first-order chi connectivity index (χ1) is 11.1. The van der Waals surface area contributed by atoms with E-state index >= 15 is 0 Å². The zero-order valence-electron chi connectivity index (χ0n) is 13.4. The molecule has 1 saturated carbocycles. The number of rotatable bonds is 4. The van der Waals surface area contributed by atoms with Gasteiger partial charge < -0.3 is 15.3 Å². The molecular weight excluding hydrogens is 310 g/mol. The molecule has 2 aromatic rings. The summed E-state index contributed by atoms with van der Waals surface area (Å²) in [5, 5.41) is 13.8. The minimum atomic E-state index is -0.275. The van der Waals surface area contributed by atoms with Crippen LogP contribution in [0.5, 0.6) is 0 Å². The fourth-order valence-electron chi connectivity index (χ4n) is 3.12. The van der Waals surface area contributed by atoms with Gasteiger partial charge >= 0.3 is 6.03 Å². The molecule has 6 heteroatoms. The van der Waals surface area contributed by atoms with Crippen LogP contribution in [0, 0.1) is 5.92 Å². The lowest BCUT2D eigenvalue weighted by molar-refractivity contribution is 0.0565. The zero-order valence-corrected chi connectivity index (χ0v) is 14.2. The van der Waals surface area contributed by atoms with E-state index in [-0.39, 0.29) is 18.1 Å². The summed E-state index contributed by atoms with van der Waals surface area (Å²) in [7, 11) is 1.79. The van der Waals surface area contributed by atoms with Crippen LogP contribution in [0.4, 0.5) is 4.79 Å². The number of urea groups is 1. The maximum atomic E-state index is 12.2. The van der Waals surface area contributed by atoms with Crippen LogP contribution < -0.4 is 5.32 Å². The normalized spacial score (nSPS) is 21.3. The molecule has 0 spiro atoms. The summed E-state index contributed by atoms with van der Waals surface area (Å²) in [6, 6.07) is 7.87. The van der Waals surface area contributed by atoms with Crippen molar-refractivity contribution in [2.24, 2.45) is 5.92 Å². The van der Waals surface area contributed by atoms with E-state index in [0.29, 0.717) is 13.1 Å². The molecule has 2 unspecified atom stereocenters. The van der Waals surface area contributed by atoms with Crippen molar-refractivity contribution in [3.8, 4) is 0 Å². The molecule has 1 aromatic heterocycles. The Morgan fingerprint density at radius 2 is 2.17 bits per heavy atom. The van der Waals surface area contributed by atoms with Gasteiger partial charge in [-0.1, -0.05) is 25.0 Å². The van der Waals surface area contributed by atoms with Gasteiger partial charge in [-0.05, 0) is 25.0 Å². The number of aliphatic hydroxyl groups is 1. The van der Waals surface area contributed by atoms with Gasteiger partial charge in [-0.2, -0.15) is 0 Å². The number of benzene rings is 1. The molecule has 2 N–H and O–H groups in total. The van der Waals surface area contributed by atoms with Crippen molar-refractivity contribution in [3.05, 3.63) is 29.3 Å². The lowest BCUT2D eigenvalue weighted by atomic mass is 9.86. The van der Waals surface area contributed by atoms with E-state index in [4.69, 9.17) is 0 Å². The number of aromatic nitrogens is 1. The summed E-state index contributed by atoms with van der Waals surface area (Å²) in [4.78, 5) is 18.4. The molecular formula is C17H23N3O2S. The van der Waals surface area contributed by atoms with E-state index in [9.17, 15) is 9.90 Å². The summed E-state index contributed by atoms with van der Waals surface area (Å²) in [5.74, 6) is 0.196. The number of nitrogens with one attached hydrogen (secondary N) is 1. The van der Waals surface area contributed by atoms with Gasteiger partial charge in [0.05, 0.1) is 22.9 Å². The van der Waals surface area contributed by atoms with Crippen LogP contribution in [-0.2, 0) is 6.54 Å². The zero-order chi connectivity index (χ0) is 16.2. The van der Waals surface area contributed by atoms with Gasteiger partial charge in [-0.3, -0.25) is 0 Å². The molecule has 5 nitrogen and oxygen atoms in total. The Morgan fingerprint density at radius 3 is 2.96 bits per heavy atom. The molecule has 1 aliphatic carbocycles. The van der Waals surface area contributed by atoms with Crippen molar-refractivity contribution in [1.82, 2.24) is 15.2 Å². The molecule has 0 radical (unpaired) electrons. The number of para-hydroxylation sites is 1. The fraction of sp³-hybridized carbons (Fsp3) is 0.529. The minimum absolute atomic E-state index is 0.109. The van der Waals surface area contributed by atoms with Crippen LogP contribution in [0.25, 0.3) is 10.2 Å². The highest BCUT2D eigenvalue weighted by atomic mass is 32.1. The maximum Gasteiger partial charge on any atom is 0.317 e. The van der Waals surface area contributed by atoms with E-state index in [0.717, 1.165) is 40.9 Å².